The van der Waals surface area contributed by atoms with Gasteiger partial charge in [0, 0.05) is 41.5 Å². The Bertz CT molecular complexity index is 559. The van der Waals surface area contributed by atoms with Gasteiger partial charge in [-0.05, 0) is 19.8 Å². The molecule has 1 fully saturated rings. The zero-order valence-corrected chi connectivity index (χ0v) is 12.6. The number of hydrogen-bond donors (Lipinski definition) is 1. The second kappa shape index (κ2) is 7.63. The van der Waals surface area contributed by atoms with Crippen molar-refractivity contribution in [2.75, 3.05) is 0 Å². The van der Waals surface area contributed by atoms with Crippen molar-refractivity contribution in [3.8, 4) is 0 Å². The molecule has 1 aromatic heterocycles. The fourth-order valence-corrected chi connectivity index (χ4v) is 2.72. The first-order chi connectivity index (χ1) is 10.6. The summed E-state index contributed by atoms with van der Waals surface area (Å²) in [5, 5.41) is 15.0. The number of carbonyl (C=O) groups is 1. The molecule has 118 valence electrons. The van der Waals surface area contributed by atoms with Gasteiger partial charge >= 0.3 is 5.91 Å². The fraction of sp³-hybridized carbons (Fsp3) is 0.533. The van der Waals surface area contributed by atoms with E-state index < -0.39 is 6.04 Å². The number of rotatable bonds is 5. The van der Waals surface area contributed by atoms with Crippen LogP contribution in [0.4, 0.5) is 0 Å². The quantitative estimate of drug-likeness (QED) is 0.385. The molecule has 2 atom stereocenters. The van der Waals surface area contributed by atoms with Crippen molar-refractivity contribution in [1.29, 1.82) is 0 Å². The molecule has 1 aromatic rings. The van der Waals surface area contributed by atoms with Crippen LogP contribution < -0.4 is 9.99 Å². The van der Waals surface area contributed by atoms with E-state index in [2.05, 4.69) is 10.5 Å². The first-order valence-corrected chi connectivity index (χ1v) is 7.47. The highest BCUT2D eigenvalue weighted by atomic mass is 16.6. The highest BCUT2D eigenvalue weighted by Crippen LogP contribution is 2.26. The number of nitrogens with one attached hydrogen (secondary N) is 1. The van der Waals surface area contributed by atoms with Crippen LogP contribution in [-0.4, -0.2) is 22.6 Å². The van der Waals surface area contributed by atoms with Crippen LogP contribution in [0.25, 0.3) is 0 Å². The van der Waals surface area contributed by atoms with Crippen LogP contribution >= 0.6 is 0 Å². The molecule has 7 nitrogen and oxygen atoms in total. The molecule has 2 rings (SSSR count). The van der Waals surface area contributed by atoms with Crippen LogP contribution in [0.5, 0.6) is 0 Å². The Balaban J connectivity index is 1.86. The molecule has 1 heterocycles. The summed E-state index contributed by atoms with van der Waals surface area (Å²) in [6, 6.07) is 5.09. The van der Waals surface area contributed by atoms with Gasteiger partial charge in [-0.3, -0.25) is 14.9 Å². The number of nitrogens with zero attached hydrogens (tertiary/aromatic N) is 3. The van der Waals surface area contributed by atoms with Crippen molar-refractivity contribution in [2.24, 2.45) is 11.0 Å². The van der Waals surface area contributed by atoms with Gasteiger partial charge in [-0.1, -0.05) is 6.07 Å². The molecule has 1 saturated carbocycles. The third-order valence-corrected chi connectivity index (χ3v) is 4.00. The summed E-state index contributed by atoms with van der Waals surface area (Å²) in [5.41, 5.74) is 3.29. The zero-order chi connectivity index (χ0) is 15.9. The van der Waals surface area contributed by atoms with Gasteiger partial charge in [0.05, 0.1) is 0 Å². The van der Waals surface area contributed by atoms with E-state index in [1.54, 1.807) is 17.0 Å². The maximum Gasteiger partial charge on any atom is 0.305 e. The Hall–Kier alpha value is -2.31. The summed E-state index contributed by atoms with van der Waals surface area (Å²) in [6.45, 7) is 2.02. The van der Waals surface area contributed by atoms with E-state index in [0.717, 1.165) is 18.6 Å². The van der Waals surface area contributed by atoms with Crippen LogP contribution in [0.15, 0.2) is 35.7 Å². The summed E-state index contributed by atoms with van der Waals surface area (Å²) in [4.78, 5) is 22.5. The predicted octanol–water partition coefficient (Wildman–Crippen LogP) is 1.30. The third kappa shape index (κ3) is 4.61. The van der Waals surface area contributed by atoms with Crippen molar-refractivity contribution in [2.45, 2.75) is 45.2 Å². The van der Waals surface area contributed by atoms with E-state index in [-0.39, 0.29) is 23.3 Å². The minimum atomic E-state index is -0.487. The molecular formula is C15H21N4O3+. The largest absolute Gasteiger partial charge is 0.305 e. The molecule has 0 radical (unpaired) electrons. The molecule has 1 aliphatic carbocycles. The number of hydrazone groups is 1. The second-order valence-corrected chi connectivity index (χ2v) is 5.64. The van der Waals surface area contributed by atoms with E-state index in [4.69, 9.17) is 0 Å². The van der Waals surface area contributed by atoms with Gasteiger partial charge in [-0.15, -0.1) is 0 Å². The Morgan fingerprint density at radius 3 is 2.77 bits per heavy atom. The molecule has 0 saturated heterocycles. The fourth-order valence-electron chi connectivity index (χ4n) is 2.72. The Kier molecular flexibility index (Phi) is 5.57. The molecule has 7 heteroatoms. The van der Waals surface area contributed by atoms with Gasteiger partial charge in [0.25, 0.3) is 0 Å². The number of hydrogen-bond acceptors (Lipinski definition) is 4. The van der Waals surface area contributed by atoms with Gasteiger partial charge in [0.1, 0.15) is 0 Å². The number of amides is 1. The van der Waals surface area contributed by atoms with Crippen LogP contribution in [0, 0.1) is 16.0 Å². The number of nitro groups is 1. The van der Waals surface area contributed by atoms with Crippen molar-refractivity contribution in [3.63, 3.8) is 0 Å². The van der Waals surface area contributed by atoms with Crippen molar-refractivity contribution < 1.29 is 14.3 Å². The van der Waals surface area contributed by atoms with Crippen LogP contribution in [0.3, 0.4) is 0 Å². The molecule has 0 spiro atoms. The highest BCUT2D eigenvalue weighted by Gasteiger charge is 2.31. The average Bonchev–Trinajstić information content (AvgIpc) is 2.53. The van der Waals surface area contributed by atoms with Crippen LogP contribution in [0.2, 0.25) is 0 Å². The number of pyridine rings is 1. The van der Waals surface area contributed by atoms with Crippen LogP contribution in [-0.2, 0) is 11.3 Å². The summed E-state index contributed by atoms with van der Waals surface area (Å²) < 4.78 is 1.75. The van der Waals surface area contributed by atoms with E-state index >= 15 is 0 Å². The average molecular weight is 305 g/mol. The monoisotopic (exact) mass is 305 g/mol. The highest BCUT2D eigenvalue weighted by molar-refractivity contribution is 5.86. The lowest BCUT2D eigenvalue weighted by molar-refractivity contribution is -0.684. The Morgan fingerprint density at radius 2 is 2.09 bits per heavy atom. The molecule has 1 N–H and O–H groups in total. The predicted molar refractivity (Wildman–Crippen MR) is 80.6 cm³/mol. The van der Waals surface area contributed by atoms with Crippen LogP contribution in [0.1, 0.15) is 32.6 Å². The standard InChI is InChI=1S/C15H20N4O3/c1-12(13-6-5-7-14(10-13)19(21)22)16-17-15(20)11-18-8-3-2-4-9-18/h2-4,8-9,13-14H,5-7,10-11H2,1H3/p+1/b16-12-/t13-,14-/m1/s1. The molecule has 0 aliphatic heterocycles. The number of aromatic nitrogens is 1. The molecule has 0 aromatic carbocycles. The minimum Gasteiger partial charge on any atom is -0.266 e. The van der Waals surface area contributed by atoms with E-state index in [9.17, 15) is 14.9 Å². The minimum absolute atomic E-state index is 0.0776. The van der Waals surface area contributed by atoms with Gasteiger partial charge in [-0.25, -0.2) is 5.43 Å². The summed E-state index contributed by atoms with van der Waals surface area (Å²) in [6.07, 6.45) is 6.47. The first kappa shape index (κ1) is 16.1. The third-order valence-electron chi connectivity index (χ3n) is 4.00. The van der Waals surface area contributed by atoms with Crippen molar-refractivity contribution >= 4 is 11.6 Å². The summed E-state index contributed by atoms with van der Waals surface area (Å²) in [5.74, 6) is -0.133. The number of carbonyl (C=O) groups excluding carboxylic acids is 1. The maximum absolute atomic E-state index is 11.8. The van der Waals surface area contributed by atoms with Gasteiger partial charge in [0.2, 0.25) is 12.6 Å². The molecule has 0 bridgehead atoms. The van der Waals surface area contributed by atoms with Gasteiger partial charge in [-0.2, -0.15) is 9.67 Å². The molecular weight excluding hydrogens is 284 g/mol. The lowest BCUT2D eigenvalue weighted by atomic mass is 9.83. The van der Waals surface area contributed by atoms with E-state index in [1.165, 1.54) is 0 Å². The molecule has 0 unspecified atom stereocenters. The Labute approximate surface area is 129 Å². The first-order valence-electron chi connectivity index (χ1n) is 7.47. The second-order valence-electron chi connectivity index (χ2n) is 5.64. The lowest BCUT2D eigenvalue weighted by Gasteiger charge is -2.23. The van der Waals surface area contributed by atoms with Gasteiger partial charge < -0.3 is 0 Å². The van der Waals surface area contributed by atoms with Crippen molar-refractivity contribution in [3.05, 3.63) is 40.7 Å². The smallest absolute Gasteiger partial charge is 0.266 e. The summed E-state index contributed by atoms with van der Waals surface area (Å²) in [7, 11) is 0. The zero-order valence-electron chi connectivity index (χ0n) is 12.6. The molecule has 1 aliphatic rings. The van der Waals surface area contributed by atoms with Gasteiger partial charge in [0.15, 0.2) is 12.4 Å². The van der Waals surface area contributed by atoms with Crippen molar-refractivity contribution in [1.82, 2.24) is 5.43 Å². The summed E-state index contributed by atoms with van der Waals surface area (Å²) >= 11 is 0. The van der Waals surface area contributed by atoms with E-state index in [0.29, 0.717) is 12.8 Å². The SMILES string of the molecule is C/C(=N/NC(=O)C[n+]1ccccc1)[C@@H]1CCC[C@@H]([N+](=O)[O-])C1. The Morgan fingerprint density at radius 1 is 1.36 bits per heavy atom. The lowest BCUT2D eigenvalue weighted by Crippen LogP contribution is -2.41. The maximum atomic E-state index is 11.8. The molecule has 1 amide bonds. The molecule has 22 heavy (non-hydrogen) atoms. The normalized spacial score (nSPS) is 22.1. The topological polar surface area (TPSA) is 88.5 Å². The van der Waals surface area contributed by atoms with E-state index in [1.807, 2.05) is 25.1 Å².